The lowest BCUT2D eigenvalue weighted by Crippen LogP contribution is -2.16. The van der Waals surface area contributed by atoms with Crippen LogP contribution in [0.1, 0.15) is 12.8 Å². The number of thiazole rings is 1. The van der Waals surface area contributed by atoms with Gasteiger partial charge in [0.05, 0.1) is 16.8 Å². The molecule has 2 aromatic rings. The second kappa shape index (κ2) is 6.70. The Bertz CT molecular complexity index is 814. The summed E-state index contributed by atoms with van der Waals surface area (Å²) in [4.78, 5) is 26.8. The highest BCUT2D eigenvalue weighted by Crippen LogP contribution is 2.18. The van der Waals surface area contributed by atoms with E-state index in [4.69, 9.17) is 6.42 Å². The minimum atomic E-state index is -0.435. The lowest BCUT2D eigenvalue weighted by Gasteiger charge is -1.99. The van der Waals surface area contributed by atoms with Crippen molar-refractivity contribution in [2.75, 3.05) is 0 Å². The Morgan fingerprint density at radius 2 is 2.19 bits per heavy atom. The van der Waals surface area contributed by atoms with Crippen molar-refractivity contribution in [3.63, 3.8) is 0 Å². The van der Waals surface area contributed by atoms with Crippen LogP contribution in [0.2, 0.25) is 0 Å². The number of terminal acetylenes is 1. The van der Waals surface area contributed by atoms with E-state index < -0.39 is 5.91 Å². The SMILES string of the molecule is C#CCn1c(=NC(=O)CCC(=O)S)sc2cc(F)ccc21. The number of rotatable bonds is 4. The van der Waals surface area contributed by atoms with Gasteiger partial charge in [-0.05, 0) is 18.2 Å². The van der Waals surface area contributed by atoms with Crippen molar-refractivity contribution in [2.24, 2.45) is 4.99 Å². The summed E-state index contributed by atoms with van der Waals surface area (Å²) in [6, 6.07) is 4.29. The molecule has 2 rings (SSSR count). The van der Waals surface area contributed by atoms with Gasteiger partial charge in [-0.3, -0.25) is 9.59 Å². The van der Waals surface area contributed by atoms with Crippen molar-refractivity contribution in [2.45, 2.75) is 19.4 Å². The monoisotopic (exact) mass is 322 g/mol. The van der Waals surface area contributed by atoms with Crippen LogP contribution in [0, 0.1) is 18.2 Å². The third kappa shape index (κ3) is 3.80. The van der Waals surface area contributed by atoms with Crippen LogP contribution >= 0.6 is 24.0 Å². The van der Waals surface area contributed by atoms with E-state index in [1.807, 2.05) is 0 Å². The number of aromatic nitrogens is 1. The maximum Gasteiger partial charge on any atom is 0.248 e. The molecule has 7 heteroatoms. The number of carbonyl (C=O) groups excluding carboxylic acids is 2. The van der Waals surface area contributed by atoms with Gasteiger partial charge in [-0.2, -0.15) is 4.99 Å². The summed E-state index contributed by atoms with van der Waals surface area (Å²) in [5.74, 6) is 1.68. The van der Waals surface area contributed by atoms with Gasteiger partial charge in [0.2, 0.25) is 5.91 Å². The zero-order chi connectivity index (χ0) is 15.4. The Labute approximate surface area is 129 Å². The number of carbonyl (C=O) groups is 2. The Morgan fingerprint density at radius 3 is 2.86 bits per heavy atom. The molecule has 0 saturated heterocycles. The summed E-state index contributed by atoms with van der Waals surface area (Å²) in [6.07, 6.45) is 5.33. The molecule has 0 bridgehead atoms. The Balaban J connectivity index is 2.47. The molecule has 0 atom stereocenters. The molecule has 1 amide bonds. The highest BCUT2D eigenvalue weighted by Gasteiger charge is 2.09. The first kappa shape index (κ1) is 15.5. The van der Waals surface area contributed by atoms with Gasteiger partial charge < -0.3 is 4.57 Å². The maximum atomic E-state index is 13.2. The molecule has 0 aliphatic carbocycles. The molecule has 108 valence electrons. The van der Waals surface area contributed by atoms with Gasteiger partial charge >= 0.3 is 0 Å². The van der Waals surface area contributed by atoms with Gasteiger partial charge in [-0.15, -0.1) is 19.1 Å². The van der Waals surface area contributed by atoms with Crippen LogP contribution in [0.15, 0.2) is 23.2 Å². The van der Waals surface area contributed by atoms with E-state index >= 15 is 0 Å². The summed E-state index contributed by atoms with van der Waals surface area (Å²) < 4.78 is 15.6. The molecule has 0 fully saturated rings. The number of nitrogens with zero attached hydrogens (tertiary/aromatic N) is 2. The van der Waals surface area contributed by atoms with Gasteiger partial charge in [0.1, 0.15) is 5.82 Å². The maximum absolute atomic E-state index is 13.2. The second-order valence-electron chi connectivity index (χ2n) is 4.19. The van der Waals surface area contributed by atoms with Crippen LogP contribution in [0.3, 0.4) is 0 Å². The molecule has 1 heterocycles. The summed E-state index contributed by atoms with van der Waals surface area (Å²) in [6.45, 7) is 0.225. The van der Waals surface area contributed by atoms with E-state index in [1.54, 1.807) is 10.6 Å². The standard InChI is InChI=1S/C14H11FN2O2S2/c1-2-7-17-10-4-3-9(15)8-11(10)21-14(17)16-12(18)5-6-13(19)20/h1,3-4,8H,5-7H2,(H,19,20). The molecular formula is C14H11FN2O2S2. The number of hydrogen-bond acceptors (Lipinski definition) is 3. The van der Waals surface area contributed by atoms with Gasteiger partial charge in [-0.25, -0.2) is 4.39 Å². The number of thiol groups is 1. The Hall–Kier alpha value is -1.91. The van der Waals surface area contributed by atoms with E-state index in [-0.39, 0.29) is 30.3 Å². The molecule has 1 aromatic heterocycles. The first-order chi connectivity index (χ1) is 10.0. The molecule has 0 radical (unpaired) electrons. The van der Waals surface area contributed by atoms with E-state index in [9.17, 15) is 14.0 Å². The lowest BCUT2D eigenvalue weighted by molar-refractivity contribution is -0.120. The molecule has 0 spiro atoms. The van der Waals surface area contributed by atoms with Gasteiger partial charge in [-0.1, -0.05) is 17.3 Å². The van der Waals surface area contributed by atoms with E-state index in [0.29, 0.717) is 9.50 Å². The highest BCUT2D eigenvalue weighted by atomic mass is 32.1. The van der Waals surface area contributed by atoms with Crippen molar-refractivity contribution in [1.29, 1.82) is 0 Å². The fraction of sp³-hybridized carbons (Fsp3) is 0.214. The van der Waals surface area contributed by atoms with Crippen LogP contribution in [-0.2, 0) is 16.1 Å². The number of hydrogen-bond donors (Lipinski definition) is 1. The molecule has 1 aromatic carbocycles. The van der Waals surface area contributed by atoms with Crippen molar-refractivity contribution in [3.05, 3.63) is 28.8 Å². The molecule has 0 unspecified atom stereocenters. The fourth-order valence-corrected chi connectivity index (χ4v) is 2.94. The third-order valence-corrected chi connectivity index (χ3v) is 3.93. The van der Waals surface area contributed by atoms with Crippen molar-refractivity contribution >= 4 is 45.2 Å². The molecule has 0 saturated carbocycles. The molecule has 0 N–H and O–H groups in total. The second-order valence-corrected chi connectivity index (χ2v) is 5.69. The summed E-state index contributed by atoms with van der Waals surface area (Å²) in [5.41, 5.74) is 0.719. The fourth-order valence-electron chi connectivity index (χ4n) is 1.75. The van der Waals surface area contributed by atoms with Crippen molar-refractivity contribution in [1.82, 2.24) is 4.57 Å². The zero-order valence-electron chi connectivity index (χ0n) is 10.9. The van der Waals surface area contributed by atoms with Crippen LogP contribution in [0.25, 0.3) is 10.2 Å². The summed E-state index contributed by atoms with van der Waals surface area (Å²) >= 11 is 4.78. The number of fused-ring (bicyclic) bond motifs is 1. The van der Waals surface area contributed by atoms with E-state index in [1.165, 1.54) is 23.5 Å². The quantitative estimate of drug-likeness (QED) is 0.692. The number of benzene rings is 1. The normalized spacial score (nSPS) is 11.6. The molecule has 0 aliphatic heterocycles. The number of amides is 1. The first-order valence-electron chi connectivity index (χ1n) is 6.03. The predicted molar refractivity (Wildman–Crippen MR) is 82.4 cm³/mol. The first-order valence-corrected chi connectivity index (χ1v) is 7.29. The minimum Gasteiger partial charge on any atom is -0.305 e. The Morgan fingerprint density at radius 1 is 1.43 bits per heavy atom. The molecule has 21 heavy (non-hydrogen) atoms. The minimum absolute atomic E-state index is 0.0129. The topological polar surface area (TPSA) is 51.4 Å². The van der Waals surface area contributed by atoms with Gasteiger partial charge in [0.25, 0.3) is 0 Å². The highest BCUT2D eigenvalue weighted by molar-refractivity contribution is 7.96. The summed E-state index contributed by atoms with van der Waals surface area (Å²) in [5, 5.41) is -0.367. The van der Waals surface area contributed by atoms with Gasteiger partial charge in [0, 0.05) is 12.8 Å². The number of halogens is 1. The molecule has 4 nitrogen and oxygen atoms in total. The van der Waals surface area contributed by atoms with Crippen LogP contribution in [0.4, 0.5) is 4.39 Å². The van der Waals surface area contributed by atoms with E-state index in [0.717, 1.165) is 5.52 Å². The summed E-state index contributed by atoms with van der Waals surface area (Å²) in [7, 11) is 0. The lowest BCUT2D eigenvalue weighted by atomic mass is 10.3. The van der Waals surface area contributed by atoms with Crippen molar-refractivity contribution in [3.8, 4) is 12.3 Å². The van der Waals surface area contributed by atoms with Crippen LogP contribution in [-0.4, -0.2) is 15.6 Å². The molecular weight excluding hydrogens is 311 g/mol. The van der Waals surface area contributed by atoms with Gasteiger partial charge in [0.15, 0.2) is 9.92 Å². The average Bonchev–Trinajstić information content (AvgIpc) is 2.74. The van der Waals surface area contributed by atoms with Crippen LogP contribution in [0.5, 0.6) is 0 Å². The Kier molecular flexibility index (Phi) is 4.94. The zero-order valence-corrected chi connectivity index (χ0v) is 12.6. The largest absolute Gasteiger partial charge is 0.305 e. The van der Waals surface area contributed by atoms with Crippen LogP contribution < -0.4 is 4.80 Å². The average molecular weight is 322 g/mol. The molecule has 0 aliphatic rings. The smallest absolute Gasteiger partial charge is 0.248 e. The third-order valence-electron chi connectivity index (χ3n) is 2.67. The predicted octanol–water partition coefficient (Wildman–Crippen LogP) is 2.14. The van der Waals surface area contributed by atoms with E-state index in [2.05, 4.69) is 23.5 Å². The van der Waals surface area contributed by atoms with Crippen molar-refractivity contribution < 1.29 is 14.0 Å².